The van der Waals surface area contributed by atoms with Gasteiger partial charge in [0.25, 0.3) is 11.8 Å². The standard InChI is InChI=1S/C24H22ClN3O2/c1-15-10-11-18(13-19(15)25)28-21(29)14-27-12-5-4-9-20(27)23(28)24(30)26-22-16(2)7-6-8-17(22)3/h4-13,23H,14H2,1-3H3/p+1/t23-/m1/s1. The minimum Gasteiger partial charge on any atom is -0.323 e. The molecule has 0 bridgehead atoms. The van der Waals surface area contributed by atoms with Crippen molar-refractivity contribution in [2.75, 3.05) is 10.2 Å². The summed E-state index contributed by atoms with van der Waals surface area (Å²) in [5, 5.41) is 3.61. The first-order chi connectivity index (χ1) is 14.4. The second-order valence-corrected chi connectivity index (χ2v) is 8.02. The number of nitrogens with one attached hydrogen (secondary N) is 1. The highest BCUT2D eigenvalue weighted by Crippen LogP contribution is 2.33. The molecule has 1 aliphatic heterocycles. The van der Waals surface area contributed by atoms with Crippen LogP contribution in [-0.2, 0) is 16.1 Å². The van der Waals surface area contributed by atoms with Gasteiger partial charge in [0, 0.05) is 28.5 Å². The number of pyridine rings is 1. The first kappa shape index (κ1) is 20.1. The summed E-state index contributed by atoms with van der Waals surface area (Å²) in [6, 6.07) is 16.1. The fourth-order valence-electron chi connectivity index (χ4n) is 3.86. The van der Waals surface area contributed by atoms with Crippen molar-refractivity contribution in [3.63, 3.8) is 0 Å². The summed E-state index contributed by atoms with van der Waals surface area (Å²) in [5.41, 5.74) is 4.97. The van der Waals surface area contributed by atoms with E-state index in [1.807, 2.05) is 80.1 Å². The van der Waals surface area contributed by atoms with Crippen molar-refractivity contribution >= 4 is 34.8 Å². The number of aryl methyl sites for hydroxylation is 3. The number of amides is 2. The fourth-order valence-corrected chi connectivity index (χ4v) is 4.03. The van der Waals surface area contributed by atoms with Crippen LogP contribution in [-0.4, -0.2) is 11.8 Å². The Hall–Kier alpha value is -3.18. The van der Waals surface area contributed by atoms with E-state index in [-0.39, 0.29) is 18.4 Å². The van der Waals surface area contributed by atoms with Crippen LogP contribution in [0.25, 0.3) is 0 Å². The number of hydrogen-bond donors (Lipinski definition) is 1. The smallest absolute Gasteiger partial charge is 0.294 e. The molecule has 152 valence electrons. The maximum Gasteiger partial charge on any atom is 0.294 e. The van der Waals surface area contributed by atoms with Crippen LogP contribution in [0, 0.1) is 20.8 Å². The van der Waals surface area contributed by atoms with Crippen LogP contribution in [0.2, 0.25) is 5.02 Å². The van der Waals surface area contributed by atoms with Gasteiger partial charge in [0.15, 0.2) is 6.20 Å². The Morgan fingerprint density at radius 1 is 1.03 bits per heavy atom. The summed E-state index contributed by atoms with van der Waals surface area (Å²) >= 11 is 6.34. The summed E-state index contributed by atoms with van der Waals surface area (Å²) in [6.07, 6.45) is 1.83. The Morgan fingerprint density at radius 3 is 2.47 bits per heavy atom. The molecule has 0 aliphatic carbocycles. The molecule has 1 atom stereocenters. The lowest BCUT2D eigenvalue weighted by Gasteiger charge is -2.32. The number of carbonyl (C=O) groups is 2. The molecule has 0 fully saturated rings. The van der Waals surface area contributed by atoms with Gasteiger partial charge in [-0.05, 0) is 49.6 Å². The number of para-hydroxylation sites is 1. The van der Waals surface area contributed by atoms with Gasteiger partial charge in [-0.15, -0.1) is 0 Å². The zero-order valence-electron chi connectivity index (χ0n) is 17.1. The number of benzene rings is 2. The minimum atomic E-state index is -0.815. The topological polar surface area (TPSA) is 53.3 Å². The van der Waals surface area contributed by atoms with Crippen molar-refractivity contribution in [3.8, 4) is 0 Å². The summed E-state index contributed by atoms with van der Waals surface area (Å²) in [4.78, 5) is 28.2. The zero-order chi connectivity index (χ0) is 21.4. The molecule has 3 aromatic rings. The van der Waals surface area contributed by atoms with Crippen LogP contribution in [0.15, 0.2) is 60.8 Å². The lowest BCUT2D eigenvalue weighted by Crippen LogP contribution is -2.58. The average molecular weight is 421 g/mol. The van der Waals surface area contributed by atoms with Gasteiger partial charge < -0.3 is 5.32 Å². The predicted octanol–water partition coefficient (Wildman–Crippen LogP) is 4.28. The van der Waals surface area contributed by atoms with Crippen LogP contribution in [0.1, 0.15) is 28.4 Å². The average Bonchev–Trinajstić information content (AvgIpc) is 2.72. The fraction of sp³-hybridized carbons (Fsp3) is 0.208. The number of fused-ring (bicyclic) bond motifs is 1. The van der Waals surface area contributed by atoms with Gasteiger partial charge in [0.2, 0.25) is 18.3 Å². The van der Waals surface area contributed by atoms with E-state index in [4.69, 9.17) is 11.6 Å². The lowest BCUT2D eigenvalue weighted by molar-refractivity contribution is -0.695. The van der Waals surface area contributed by atoms with Crippen molar-refractivity contribution in [3.05, 3.63) is 88.2 Å². The van der Waals surface area contributed by atoms with Crippen molar-refractivity contribution in [2.24, 2.45) is 0 Å². The van der Waals surface area contributed by atoms with Gasteiger partial charge in [-0.1, -0.05) is 41.9 Å². The van der Waals surface area contributed by atoms with E-state index in [0.29, 0.717) is 10.7 Å². The Bertz CT molecular complexity index is 1140. The van der Waals surface area contributed by atoms with Crippen molar-refractivity contribution in [1.29, 1.82) is 0 Å². The van der Waals surface area contributed by atoms with Crippen molar-refractivity contribution in [2.45, 2.75) is 33.4 Å². The highest BCUT2D eigenvalue weighted by Gasteiger charge is 2.43. The molecule has 2 heterocycles. The third-order valence-electron chi connectivity index (χ3n) is 5.50. The van der Waals surface area contributed by atoms with E-state index in [1.54, 1.807) is 11.0 Å². The molecule has 2 aromatic carbocycles. The van der Waals surface area contributed by atoms with Crippen LogP contribution in [0.5, 0.6) is 0 Å². The van der Waals surface area contributed by atoms with E-state index >= 15 is 0 Å². The molecular formula is C24H23ClN3O2+. The van der Waals surface area contributed by atoms with Gasteiger partial charge in [-0.3, -0.25) is 14.5 Å². The molecule has 30 heavy (non-hydrogen) atoms. The summed E-state index contributed by atoms with van der Waals surface area (Å²) < 4.78 is 1.82. The van der Waals surface area contributed by atoms with Gasteiger partial charge in [-0.25, -0.2) is 0 Å². The highest BCUT2D eigenvalue weighted by molar-refractivity contribution is 6.31. The molecule has 2 amide bonds. The van der Waals surface area contributed by atoms with E-state index in [9.17, 15) is 9.59 Å². The number of rotatable bonds is 3. The molecule has 5 nitrogen and oxygen atoms in total. The number of hydrogen-bond acceptors (Lipinski definition) is 2. The second kappa shape index (κ2) is 7.92. The van der Waals surface area contributed by atoms with Crippen molar-refractivity contribution < 1.29 is 14.2 Å². The summed E-state index contributed by atoms with van der Waals surface area (Å²) in [7, 11) is 0. The number of anilines is 2. The van der Waals surface area contributed by atoms with Crippen LogP contribution < -0.4 is 14.8 Å². The quantitative estimate of drug-likeness (QED) is 0.643. The van der Waals surface area contributed by atoms with Crippen LogP contribution >= 0.6 is 11.6 Å². The Labute approximate surface area is 180 Å². The number of halogens is 1. The summed E-state index contributed by atoms with van der Waals surface area (Å²) in [6.45, 7) is 5.97. The largest absolute Gasteiger partial charge is 0.323 e. The molecule has 0 radical (unpaired) electrons. The van der Waals surface area contributed by atoms with Crippen LogP contribution in [0.4, 0.5) is 11.4 Å². The molecular weight excluding hydrogens is 398 g/mol. The monoisotopic (exact) mass is 420 g/mol. The van der Waals surface area contributed by atoms with Gasteiger partial charge in [0.1, 0.15) is 0 Å². The van der Waals surface area contributed by atoms with Gasteiger partial charge >= 0.3 is 0 Å². The SMILES string of the molecule is Cc1ccc(N2C(=O)C[n+]3ccccc3[C@@H]2C(=O)Nc2c(C)cccc2C)cc1Cl. The summed E-state index contributed by atoms with van der Waals surface area (Å²) in [5.74, 6) is -0.433. The normalized spacial score (nSPS) is 15.7. The molecule has 1 aliphatic rings. The highest BCUT2D eigenvalue weighted by atomic mass is 35.5. The molecule has 0 unspecified atom stereocenters. The van der Waals surface area contributed by atoms with E-state index < -0.39 is 6.04 Å². The predicted molar refractivity (Wildman–Crippen MR) is 118 cm³/mol. The third kappa shape index (κ3) is 3.57. The Balaban J connectivity index is 1.81. The molecule has 0 saturated heterocycles. The molecule has 6 heteroatoms. The van der Waals surface area contributed by atoms with E-state index in [1.165, 1.54) is 0 Å². The zero-order valence-corrected chi connectivity index (χ0v) is 17.9. The minimum absolute atomic E-state index is 0.162. The Kier molecular flexibility index (Phi) is 5.31. The lowest BCUT2D eigenvalue weighted by atomic mass is 10.0. The molecule has 0 saturated carbocycles. The first-order valence-electron chi connectivity index (χ1n) is 9.80. The number of carbonyl (C=O) groups excluding carboxylic acids is 2. The van der Waals surface area contributed by atoms with Crippen LogP contribution in [0.3, 0.4) is 0 Å². The van der Waals surface area contributed by atoms with Crippen molar-refractivity contribution in [1.82, 2.24) is 0 Å². The van der Waals surface area contributed by atoms with E-state index in [0.717, 1.165) is 28.1 Å². The van der Waals surface area contributed by atoms with Gasteiger partial charge in [0.05, 0.1) is 0 Å². The maximum atomic E-state index is 13.6. The maximum absolute atomic E-state index is 13.6. The Morgan fingerprint density at radius 2 is 1.77 bits per heavy atom. The second-order valence-electron chi connectivity index (χ2n) is 7.61. The molecule has 1 aromatic heterocycles. The van der Waals surface area contributed by atoms with Gasteiger partial charge in [-0.2, -0.15) is 4.57 Å². The molecule has 4 rings (SSSR count). The van der Waals surface area contributed by atoms with E-state index in [2.05, 4.69) is 5.32 Å². The molecule has 0 spiro atoms. The third-order valence-corrected chi connectivity index (χ3v) is 5.91. The molecule has 1 N–H and O–H groups in total. The number of nitrogens with zero attached hydrogens (tertiary/aromatic N) is 2. The first-order valence-corrected chi connectivity index (χ1v) is 10.2. The number of aromatic nitrogens is 1.